The number of hydrogen-bond donors (Lipinski definition) is 1. The van der Waals surface area contributed by atoms with Gasteiger partial charge in [0.1, 0.15) is 0 Å². The molecule has 20 heavy (non-hydrogen) atoms. The minimum atomic E-state index is -0.757. The topological polar surface area (TPSA) is 40.5 Å². The molecule has 0 saturated carbocycles. The van der Waals surface area contributed by atoms with Gasteiger partial charge in [0.05, 0.1) is 12.5 Å². The van der Waals surface area contributed by atoms with Crippen molar-refractivity contribution in [3.63, 3.8) is 0 Å². The number of benzene rings is 1. The first kappa shape index (κ1) is 14.6. The average molecular weight is 289 g/mol. The lowest BCUT2D eigenvalue weighted by molar-refractivity contribution is -0.136. The highest BCUT2D eigenvalue weighted by Crippen LogP contribution is 2.32. The molecule has 0 aliphatic heterocycles. The summed E-state index contributed by atoms with van der Waals surface area (Å²) in [4.78, 5) is 14.4. The Balaban J connectivity index is 2.27. The number of nitrogens with zero attached hydrogens (tertiary/aromatic N) is 1. The van der Waals surface area contributed by atoms with E-state index in [4.69, 9.17) is 5.11 Å². The van der Waals surface area contributed by atoms with E-state index in [0.717, 1.165) is 12.1 Å². The summed E-state index contributed by atoms with van der Waals surface area (Å²) in [6, 6.07) is 14.4. The molecule has 1 aromatic carbocycles. The molecule has 1 N–H and O–H groups in total. The Hall–Kier alpha value is -1.81. The molecule has 0 fully saturated rings. The molecule has 0 saturated heterocycles. The van der Waals surface area contributed by atoms with Gasteiger partial charge in [0.25, 0.3) is 0 Å². The van der Waals surface area contributed by atoms with Gasteiger partial charge >= 0.3 is 5.97 Å². The Kier molecular flexibility index (Phi) is 5.18. The average Bonchev–Trinajstić information content (AvgIpc) is 2.98. The first-order valence-corrected chi connectivity index (χ1v) is 7.67. The number of aliphatic carboxylic acids is 1. The van der Waals surface area contributed by atoms with Gasteiger partial charge in [-0.15, -0.1) is 11.3 Å². The summed E-state index contributed by atoms with van der Waals surface area (Å²) in [6.07, 6.45) is 1.10. The van der Waals surface area contributed by atoms with Crippen LogP contribution in [0.15, 0.2) is 47.8 Å². The molecular formula is C16H19NO2S. The van der Waals surface area contributed by atoms with Gasteiger partial charge in [0.2, 0.25) is 0 Å². The van der Waals surface area contributed by atoms with Crippen LogP contribution in [0.3, 0.4) is 0 Å². The van der Waals surface area contributed by atoms with E-state index in [0.29, 0.717) is 6.54 Å². The maximum atomic E-state index is 10.9. The summed E-state index contributed by atoms with van der Waals surface area (Å²) < 4.78 is 0. The molecule has 1 heterocycles. The van der Waals surface area contributed by atoms with Crippen molar-refractivity contribution in [3.05, 3.63) is 52.7 Å². The molecule has 1 aromatic heterocycles. The van der Waals surface area contributed by atoms with Crippen molar-refractivity contribution in [3.8, 4) is 0 Å². The molecule has 1 atom stereocenters. The zero-order valence-corrected chi connectivity index (χ0v) is 12.3. The minimum Gasteiger partial charge on any atom is -0.481 e. The number of carboxylic acids is 1. The van der Waals surface area contributed by atoms with Crippen LogP contribution < -0.4 is 4.90 Å². The van der Waals surface area contributed by atoms with Gasteiger partial charge in [-0.05, 0) is 30.0 Å². The summed E-state index contributed by atoms with van der Waals surface area (Å²) in [6.45, 7) is 2.66. The third-order valence-corrected chi connectivity index (χ3v) is 4.26. The largest absolute Gasteiger partial charge is 0.481 e. The molecule has 1 unspecified atom stereocenters. The summed E-state index contributed by atoms with van der Waals surface area (Å²) in [5.41, 5.74) is 1.08. The molecule has 0 amide bonds. The van der Waals surface area contributed by atoms with E-state index in [9.17, 15) is 4.79 Å². The maximum absolute atomic E-state index is 10.9. The van der Waals surface area contributed by atoms with Crippen LogP contribution in [-0.4, -0.2) is 17.6 Å². The summed E-state index contributed by atoms with van der Waals surface area (Å²) in [5, 5.41) is 11.0. The third kappa shape index (κ3) is 3.61. The molecular weight excluding hydrogens is 270 g/mol. The highest BCUT2D eigenvalue weighted by molar-refractivity contribution is 7.10. The Morgan fingerprint density at radius 1 is 1.25 bits per heavy atom. The SMILES string of the molecule is CCC(c1cccs1)N(CCC(=O)O)c1ccccc1. The fraction of sp³-hybridized carbons (Fsp3) is 0.312. The van der Waals surface area contributed by atoms with Crippen LogP contribution in [-0.2, 0) is 4.79 Å². The van der Waals surface area contributed by atoms with Gasteiger partial charge in [-0.3, -0.25) is 4.79 Å². The van der Waals surface area contributed by atoms with Gasteiger partial charge < -0.3 is 10.0 Å². The van der Waals surface area contributed by atoms with E-state index in [2.05, 4.69) is 23.3 Å². The maximum Gasteiger partial charge on any atom is 0.305 e. The van der Waals surface area contributed by atoms with Crippen molar-refractivity contribution in [2.24, 2.45) is 0 Å². The van der Waals surface area contributed by atoms with Crippen molar-refractivity contribution in [1.82, 2.24) is 0 Å². The van der Waals surface area contributed by atoms with E-state index >= 15 is 0 Å². The second-order valence-corrected chi connectivity index (χ2v) is 5.59. The van der Waals surface area contributed by atoms with E-state index in [1.807, 2.05) is 36.4 Å². The molecule has 106 valence electrons. The van der Waals surface area contributed by atoms with Crippen molar-refractivity contribution in [2.45, 2.75) is 25.8 Å². The predicted molar refractivity (Wildman–Crippen MR) is 83.4 cm³/mol. The molecule has 2 aromatic rings. The Morgan fingerprint density at radius 2 is 2.00 bits per heavy atom. The van der Waals surface area contributed by atoms with E-state index in [-0.39, 0.29) is 12.5 Å². The van der Waals surface area contributed by atoms with Gasteiger partial charge in [-0.2, -0.15) is 0 Å². The number of hydrogen-bond acceptors (Lipinski definition) is 3. The lowest BCUT2D eigenvalue weighted by Gasteiger charge is -2.32. The quantitative estimate of drug-likeness (QED) is 0.831. The van der Waals surface area contributed by atoms with Gasteiger partial charge in [-0.25, -0.2) is 0 Å². The lowest BCUT2D eigenvalue weighted by atomic mass is 10.1. The summed E-state index contributed by atoms with van der Waals surface area (Å²) in [5.74, 6) is -0.757. The Bertz CT molecular complexity index is 525. The number of thiophene rings is 1. The number of carboxylic acid groups (broad SMARTS) is 1. The second-order valence-electron chi connectivity index (χ2n) is 4.61. The van der Waals surface area contributed by atoms with E-state index < -0.39 is 5.97 Å². The molecule has 0 spiro atoms. The monoisotopic (exact) mass is 289 g/mol. The molecule has 3 nitrogen and oxygen atoms in total. The number of para-hydroxylation sites is 1. The van der Waals surface area contributed by atoms with Crippen LogP contribution in [0.25, 0.3) is 0 Å². The van der Waals surface area contributed by atoms with E-state index in [1.165, 1.54) is 4.88 Å². The molecule has 0 aliphatic rings. The van der Waals surface area contributed by atoms with Crippen molar-refractivity contribution in [1.29, 1.82) is 0 Å². The number of anilines is 1. The van der Waals surface area contributed by atoms with Crippen LogP contribution in [0.2, 0.25) is 0 Å². The van der Waals surface area contributed by atoms with Gasteiger partial charge in [0, 0.05) is 17.1 Å². The lowest BCUT2D eigenvalue weighted by Crippen LogP contribution is -2.30. The highest BCUT2D eigenvalue weighted by Gasteiger charge is 2.20. The van der Waals surface area contributed by atoms with Crippen molar-refractivity contribution < 1.29 is 9.90 Å². The van der Waals surface area contributed by atoms with Crippen molar-refractivity contribution in [2.75, 3.05) is 11.4 Å². The predicted octanol–water partition coefficient (Wildman–Crippen LogP) is 4.18. The number of carbonyl (C=O) groups is 1. The van der Waals surface area contributed by atoms with Gasteiger partial charge in [-0.1, -0.05) is 31.2 Å². The molecule has 2 rings (SSSR count). The third-order valence-electron chi connectivity index (χ3n) is 3.29. The summed E-state index contributed by atoms with van der Waals surface area (Å²) in [7, 11) is 0. The normalized spacial score (nSPS) is 12.1. The smallest absolute Gasteiger partial charge is 0.305 e. The van der Waals surface area contributed by atoms with Crippen LogP contribution in [0.5, 0.6) is 0 Å². The first-order valence-electron chi connectivity index (χ1n) is 6.79. The Morgan fingerprint density at radius 3 is 2.55 bits per heavy atom. The van der Waals surface area contributed by atoms with Crippen LogP contribution in [0.4, 0.5) is 5.69 Å². The zero-order chi connectivity index (χ0) is 14.4. The second kappa shape index (κ2) is 7.10. The Labute approximate surface area is 123 Å². The highest BCUT2D eigenvalue weighted by atomic mass is 32.1. The fourth-order valence-corrected chi connectivity index (χ4v) is 3.28. The van der Waals surface area contributed by atoms with Crippen LogP contribution >= 0.6 is 11.3 Å². The molecule has 0 aliphatic carbocycles. The summed E-state index contributed by atoms with van der Waals surface area (Å²) >= 11 is 1.72. The molecule has 0 radical (unpaired) electrons. The molecule has 0 bridgehead atoms. The van der Waals surface area contributed by atoms with Gasteiger partial charge in [0.15, 0.2) is 0 Å². The fourth-order valence-electron chi connectivity index (χ4n) is 2.36. The first-order chi connectivity index (χ1) is 9.72. The van der Waals surface area contributed by atoms with Crippen LogP contribution in [0.1, 0.15) is 30.7 Å². The standard InChI is InChI=1S/C16H19NO2S/c1-2-14(15-9-6-12-20-15)17(11-10-16(18)19)13-7-4-3-5-8-13/h3-9,12,14H,2,10-11H2,1H3,(H,18,19). The minimum absolute atomic E-state index is 0.150. The van der Waals surface area contributed by atoms with Crippen molar-refractivity contribution >= 4 is 23.0 Å². The number of rotatable bonds is 7. The zero-order valence-electron chi connectivity index (χ0n) is 11.5. The van der Waals surface area contributed by atoms with E-state index in [1.54, 1.807) is 11.3 Å². The molecule has 4 heteroatoms. The van der Waals surface area contributed by atoms with Crippen LogP contribution in [0, 0.1) is 0 Å².